The van der Waals surface area contributed by atoms with Crippen molar-refractivity contribution in [2.24, 2.45) is 11.8 Å². The van der Waals surface area contributed by atoms with E-state index in [1.165, 1.54) is 115 Å². The van der Waals surface area contributed by atoms with E-state index in [0.717, 1.165) is 23.2 Å². The minimum Gasteiger partial charge on any atom is -0.310 e. The molecule has 2 saturated carbocycles. The van der Waals surface area contributed by atoms with Gasteiger partial charge in [0.05, 0.1) is 11.1 Å². The predicted molar refractivity (Wildman–Crippen MR) is 262 cm³/mol. The molecule has 0 radical (unpaired) electrons. The van der Waals surface area contributed by atoms with Gasteiger partial charge in [-0.25, -0.2) is 0 Å². The normalized spacial score (nSPS) is 19.7. The average Bonchev–Trinajstić information content (AvgIpc) is 4.14. The van der Waals surface area contributed by atoms with Crippen LogP contribution in [-0.4, -0.2) is 0 Å². The van der Waals surface area contributed by atoms with Crippen molar-refractivity contribution in [3.8, 4) is 55.6 Å². The molecule has 4 atom stereocenters. The van der Waals surface area contributed by atoms with Crippen LogP contribution in [0.25, 0.3) is 55.6 Å². The standard InChI is InChI=1S/C62H47N/c1-3-15-42(16-4-1)45-31-35-53-51-21-9-12-24-57(51)62(59(53)39-45)58-25-13-10-22-52(58)54-36-34-48(40-60(54)62)63(47-32-29-44(30-33-47)56-38-41-27-28-46(56)37-41)61-26-14-11-23-55(61)50-20-8-7-19-49(50)43-17-5-2-6-18-43/h1-26,29-36,39-41,46,56H,27-28,37-38H2. The SMILES string of the molecule is c1ccc(-c2ccc3c(c2)C2(c4ccccc4-3)c3ccccc3-c3ccc(N(c4ccc(C5CC6CCC5C6)cc4)c4ccccc4-c4ccccc4-c4ccccc4)cc32)cc1. The maximum atomic E-state index is 2.54. The zero-order chi connectivity index (χ0) is 41.5. The van der Waals surface area contributed by atoms with E-state index in [1.54, 1.807) is 0 Å². The fraction of sp³-hybridized carbons (Fsp3) is 0.129. The van der Waals surface area contributed by atoms with Crippen molar-refractivity contribution in [2.75, 3.05) is 4.90 Å². The topological polar surface area (TPSA) is 3.24 Å². The first-order valence-electron chi connectivity index (χ1n) is 22.9. The number of fused-ring (bicyclic) bond motifs is 12. The summed E-state index contributed by atoms with van der Waals surface area (Å²) in [6.07, 6.45) is 5.55. The predicted octanol–water partition coefficient (Wildman–Crippen LogP) is 16.4. The molecule has 2 fully saturated rings. The van der Waals surface area contributed by atoms with Crippen LogP contribution in [0.15, 0.2) is 218 Å². The largest absolute Gasteiger partial charge is 0.310 e. The molecule has 1 spiro atoms. The summed E-state index contributed by atoms with van der Waals surface area (Å²) in [5.41, 5.74) is 22.5. The van der Waals surface area contributed by atoms with Crippen LogP contribution in [0, 0.1) is 11.8 Å². The molecular weight excluding hydrogens is 759 g/mol. The van der Waals surface area contributed by atoms with E-state index in [0.29, 0.717) is 5.92 Å². The molecule has 1 heteroatoms. The van der Waals surface area contributed by atoms with Gasteiger partial charge < -0.3 is 4.90 Å². The Morgan fingerprint density at radius 3 is 1.56 bits per heavy atom. The summed E-state index contributed by atoms with van der Waals surface area (Å²) in [6.45, 7) is 0. The first kappa shape index (κ1) is 36.4. The number of hydrogen-bond acceptors (Lipinski definition) is 1. The number of benzene rings is 9. The molecule has 0 aromatic heterocycles. The van der Waals surface area contributed by atoms with Gasteiger partial charge in [0.15, 0.2) is 0 Å². The van der Waals surface area contributed by atoms with Crippen molar-refractivity contribution in [1.82, 2.24) is 0 Å². The molecule has 0 amide bonds. The second-order valence-electron chi connectivity index (χ2n) is 18.3. The van der Waals surface area contributed by atoms with Crippen molar-refractivity contribution < 1.29 is 0 Å². The Hall–Kier alpha value is -7.22. The molecule has 9 aromatic rings. The second kappa shape index (κ2) is 14.4. The van der Waals surface area contributed by atoms with Crippen LogP contribution < -0.4 is 4.90 Å². The summed E-state index contributed by atoms with van der Waals surface area (Å²) in [7, 11) is 0. The van der Waals surface area contributed by atoms with E-state index in [1.807, 2.05) is 0 Å². The van der Waals surface area contributed by atoms with E-state index >= 15 is 0 Å². The molecule has 9 aromatic carbocycles. The van der Waals surface area contributed by atoms with E-state index < -0.39 is 5.41 Å². The number of rotatable bonds is 7. The maximum absolute atomic E-state index is 2.54. The first-order valence-corrected chi connectivity index (χ1v) is 22.9. The smallest absolute Gasteiger partial charge is 0.0726 e. The number of para-hydroxylation sites is 1. The number of hydrogen-bond donors (Lipinski definition) is 0. The van der Waals surface area contributed by atoms with Gasteiger partial charge in [-0.2, -0.15) is 0 Å². The third-order valence-electron chi connectivity index (χ3n) is 15.2. The Balaban J connectivity index is 1.05. The fourth-order valence-corrected chi connectivity index (χ4v) is 12.5. The van der Waals surface area contributed by atoms with Gasteiger partial charge in [0.2, 0.25) is 0 Å². The lowest BCUT2D eigenvalue weighted by atomic mass is 9.70. The molecule has 4 aliphatic carbocycles. The van der Waals surface area contributed by atoms with Crippen LogP contribution in [-0.2, 0) is 5.41 Å². The van der Waals surface area contributed by atoms with Gasteiger partial charge in [0.25, 0.3) is 0 Å². The average molecular weight is 806 g/mol. The molecule has 300 valence electrons. The molecular formula is C62H47N. The molecule has 2 bridgehead atoms. The highest BCUT2D eigenvalue weighted by Gasteiger charge is 2.52. The van der Waals surface area contributed by atoms with Crippen LogP contribution in [0.2, 0.25) is 0 Å². The monoisotopic (exact) mass is 805 g/mol. The number of anilines is 3. The second-order valence-corrected chi connectivity index (χ2v) is 18.3. The van der Waals surface area contributed by atoms with Gasteiger partial charge >= 0.3 is 0 Å². The summed E-state index contributed by atoms with van der Waals surface area (Å²) in [5, 5.41) is 0. The minimum absolute atomic E-state index is 0.491. The highest BCUT2D eigenvalue weighted by molar-refractivity contribution is 5.99. The Kier molecular flexibility index (Phi) is 8.35. The van der Waals surface area contributed by atoms with Gasteiger partial charge in [-0.15, -0.1) is 0 Å². The van der Waals surface area contributed by atoms with Gasteiger partial charge in [0, 0.05) is 16.9 Å². The molecule has 13 rings (SSSR count). The third kappa shape index (κ3) is 5.55. The quantitative estimate of drug-likeness (QED) is 0.155. The van der Waals surface area contributed by atoms with E-state index in [4.69, 9.17) is 0 Å². The Labute approximate surface area is 371 Å². The fourth-order valence-electron chi connectivity index (χ4n) is 12.5. The summed E-state index contributed by atoms with van der Waals surface area (Å²) in [5.74, 6) is 2.42. The molecule has 0 aliphatic heterocycles. The maximum Gasteiger partial charge on any atom is 0.0726 e. The zero-order valence-corrected chi connectivity index (χ0v) is 35.3. The van der Waals surface area contributed by atoms with Gasteiger partial charge in [-0.05, 0) is 151 Å². The van der Waals surface area contributed by atoms with Gasteiger partial charge in [-0.3, -0.25) is 0 Å². The molecule has 63 heavy (non-hydrogen) atoms. The first-order chi connectivity index (χ1) is 31.2. The van der Waals surface area contributed by atoms with Crippen LogP contribution in [0.5, 0.6) is 0 Å². The van der Waals surface area contributed by atoms with Gasteiger partial charge in [-0.1, -0.05) is 188 Å². The van der Waals surface area contributed by atoms with Crippen molar-refractivity contribution >= 4 is 17.1 Å². The highest BCUT2D eigenvalue weighted by Crippen LogP contribution is 2.64. The Bertz CT molecular complexity index is 3190. The molecule has 4 aliphatic rings. The van der Waals surface area contributed by atoms with Crippen molar-refractivity contribution in [1.29, 1.82) is 0 Å². The zero-order valence-electron chi connectivity index (χ0n) is 35.3. The lowest BCUT2D eigenvalue weighted by Gasteiger charge is -2.33. The van der Waals surface area contributed by atoms with Gasteiger partial charge in [0.1, 0.15) is 0 Å². The third-order valence-corrected chi connectivity index (χ3v) is 15.2. The van der Waals surface area contributed by atoms with Crippen LogP contribution in [0.4, 0.5) is 17.1 Å². The van der Waals surface area contributed by atoms with E-state index in [-0.39, 0.29) is 0 Å². The Morgan fingerprint density at radius 1 is 0.349 bits per heavy atom. The molecule has 0 N–H and O–H groups in total. The van der Waals surface area contributed by atoms with E-state index in [2.05, 4.69) is 223 Å². The summed E-state index contributed by atoms with van der Waals surface area (Å²) in [6, 6.07) is 82.2. The molecule has 4 unspecified atom stereocenters. The molecule has 0 saturated heterocycles. The molecule has 1 nitrogen and oxygen atoms in total. The van der Waals surface area contributed by atoms with Crippen LogP contribution >= 0.6 is 0 Å². The summed E-state index contributed by atoms with van der Waals surface area (Å²) < 4.78 is 0. The summed E-state index contributed by atoms with van der Waals surface area (Å²) in [4.78, 5) is 2.54. The van der Waals surface area contributed by atoms with Crippen molar-refractivity contribution in [3.05, 3.63) is 246 Å². The Morgan fingerprint density at radius 2 is 0.889 bits per heavy atom. The number of nitrogens with zero attached hydrogens (tertiary/aromatic N) is 1. The lowest BCUT2D eigenvalue weighted by Crippen LogP contribution is -2.26. The highest BCUT2D eigenvalue weighted by atomic mass is 15.1. The molecule has 0 heterocycles. The minimum atomic E-state index is -0.491. The van der Waals surface area contributed by atoms with Crippen LogP contribution in [0.3, 0.4) is 0 Å². The van der Waals surface area contributed by atoms with Crippen molar-refractivity contribution in [2.45, 2.75) is 37.0 Å². The van der Waals surface area contributed by atoms with Crippen LogP contribution in [0.1, 0.15) is 59.4 Å². The van der Waals surface area contributed by atoms with Crippen molar-refractivity contribution in [3.63, 3.8) is 0 Å². The van der Waals surface area contributed by atoms with E-state index in [9.17, 15) is 0 Å². The summed E-state index contributed by atoms with van der Waals surface area (Å²) >= 11 is 0. The lowest BCUT2D eigenvalue weighted by molar-refractivity contribution is 0.420.